The van der Waals surface area contributed by atoms with E-state index in [1.165, 1.54) is 64.2 Å². The first-order valence-corrected chi connectivity index (χ1v) is 8.91. The lowest BCUT2D eigenvalue weighted by Crippen LogP contribution is -2.60. The number of nitrogens with one attached hydrogen (secondary N) is 1. The molecule has 120 valence electrons. The molecule has 3 unspecified atom stereocenters. The van der Waals surface area contributed by atoms with Crippen molar-refractivity contribution >= 4 is 0 Å². The average molecular weight is 283 g/mol. The molecule has 1 aliphatic carbocycles. The molecule has 1 fully saturated rings. The molecule has 0 bridgehead atoms. The van der Waals surface area contributed by atoms with Crippen LogP contribution in [-0.4, -0.2) is 37.6 Å². The SMILES string of the molecule is CCCCCCCC(NC)C1(N(C)C)CCCC(C)C1. The highest BCUT2D eigenvalue weighted by Gasteiger charge is 2.42. The van der Waals surface area contributed by atoms with E-state index in [4.69, 9.17) is 0 Å². The van der Waals surface area contributed by atoms with Crippen molar-refractivity contribution in [3.8, 4) is 0 Å². The zero-order chi connectivity index (χ0) is 15.0. The number of rotatable bonds is 9. The second kappa shape index (κ2) is 9.04. The van der Waals surface area contributed by atoms with Crippen LogP contribution in [0.3, 0.4) is 0 Å². The molecule has 0 saturated heterocycles. The van der Waals surface area contributed by atoms with Gasteiger partial charge in [-0.05, 0) is 46.3 Å². The zero-order valence-electron chi connectivity index (χ0n) is 14.7. The van der Waals surface area contributed by atoms with E-state index >= 15 is 0 Å². The Morgan fingerprint density at radius 2 is 1.90 bits per heavy atom. The Kier molecular flexibility index (Phi) is 8.13. The van der Waals surface area contributed by atoms with Crippen molar-refractivity contribution in [1.29, 1.82) is 0 Å². The third-order valence-electron chi connectivity index (χ3n) is 5.49. The van der Waals surface area contributed by atoms with Crippen LogP contribution in [0.25, 0.3) is 0 Å². The highest BCUT2D eigenvalue weighted by molar-refractivity contribution is 5.01. The van der Waals surface area contributed by atoms with Gasteiger partial charge in [0.1, 0.15) is 0 Å². The smallest absolute Gasteiger partial charge is 0.0358 e. The van der Waals surface area contributed by atoms with Crippen LogP contribution < -0.4 is 5.32 Å². The summed E-state index contributed by atoms with van der Waals surface area (Å²) in [4.78, 5) is 2.52. The highest BCUT2D eigenvalue weighted by Crippen LogP contribution is 2.39. The molecule has 3 atom stereocenters. The minimum Gasteiger partial charge on any atom is -0.315 e. The number of likely N-dealkylation sites (N-methyl/N-ethyl adjacent to an activating group) is 2. The first-order valence-electron chi connectivity index (χ1n) is 8.91. The maximum Gasteiger partial charge on any atom is 0.0358 e. The summed E-state index contributed by atoms with van der Waals surface area (Å²) in [5, 5.41) is 3.66. The monoisotopic (exact) mass is 282 g/mol. The maximum absolute atomic E-state index is 3.66. The molecule has 0 heterocycles. The van der Waals surface area contributed by atoms with Crippen molar-refractivity contribution in [2.45, 2.75) is 89.6 Å². The van der Waals surface area contributed by atoms with Crippen LogP contribution in [0, 0.1) is 5.92 Å². The predicted molar refractivity (Wildman–Crippen MR) is 90.3 cm³/mol. The van der Waals surface area contributed by atoms with Crippen LogP contribution in [0.15, 0.2) is 0 Å². The summed E-state index contributed by atoms with van der Waals surface area (Å²) >= 11 is 0. The van der Waals surface area contributed by atoms with Crippen LogP contribution >= 0.6 is 0 Å². The lowest BCUT2D eigenvalue weighted by molar-refractivity contribution is 0.0360. The normalized spacial score (nSPS) is 28.8. The number of hydrogen-bond donors (Lipinski definition) is 1. The first kappa shape index (κ1) is 18.0. The lowest BCUT2D eigenvalue weighted by atomic mass is 9.70. The van der Waals surface area contributed by atoms with E-state index in [0.717, 1.165) is 5.92 Å². The second-order valence-electron chi connectivity index (χ2n) is 7.24. The molecule has 20 heavy (non-hydrogen) atoms. The second-order valence-corrected chi connectivity index (χ2v) is 7.24. The van der Waals surface area contributed by atoms with E-state index in [1.807, 2.05) is 0 Å². The molecule has 0 radical (unpaired) electrons. The Labute approximate surface area is 127 Å². The van der Waals surface area contributed by atoms with Gasteiger partial charge in [0.2, 0.25) is 0 Å². The van der Waals surface area contributed by atoms with Crippen LogP contribution in [0.5, 0.6) is 0 Å². The van der Waals surface area contributed by atoms with Gasteiger partial charge in [0.05, 0.1) is 0 Å². The van der Waals surface area contributed by atoms with Gasteiger partial charge in [-0.2, -0.15) is 0 Å². The highest BCUT2D eigenvalue weighted by atomic mass is 15.2. The number of unbranched alkanes of at least 4 members (excludes halogenated alkanes) is 4. The van der Waals surface area contributed by atoms with Gasteiger partial charge in [-0.25, -0.2) is 0 Å². The Morgan fingerprint density at radius 1 is 1.20 bits per heavy atom. The fraction of sp³-hybridized carbons (Fsp3) is 1.00. The minimum atomic E-state index is 0.386. The van der Waals surface area contributed by atoms with Gasteiger partial charge in [0.15, 0.2) is 0 Å². The zero-order valence-corrected chi connectivity index (χ0v) is 14.7. The van der Waals surface area contributed by atoms with Crippen LogP contribution in [0.1, 0.15) is 78.1 Å². The topological polar surface area (TPSA) is 15.3 Å². The van der Waals surface area contributed by atoms with Crippen molar-refractivity contribution in [2.75, 3.05) is 21.1 Å². The van der Waals surface area contributed by atoms with Crippen LogP contribution in [0.2, 0.25) is 0 Å². The number of hydrogen-bond acceptors (Lipinski definition) is 2. The summed E-state index contributed by atoms with van der Waals surface area (Å²) in [6.45, 7) is 4.73. The average Bonchev–Trinajstić information content (AvgIpc) is 2.42. The lowest BCUT2D eigenvalue weighted by Gasteiger charge is -2.50. The van der Waals surface area contributed by atoms with E-state index < -0.39 is 0 Å². The molecule has 0 spiro atoms. The molecule has 1 saturated carbocycles. The van der Waals surface area contributed by atoms with Gasteiger partial charge in [-0.3, -0.25) is 0 Å². The van der Waals surface area contributed by atoms with Crippen molar-refractivity contribution in [2.24, 2.45) is 5.92 Å². The molecule has 1 rings (SSSR count). The predicted octanol–water partition coefficient (Wildman–Crippen LogP) is 4.45. The van der Waals surface area contributed by atoms with Gasteiger partial charge in [0.25, 0.3) is 0 Å². The molecule has 2 heteroatoms. The molecule has 0 aromatic rings. The van der Waals surface area contributed by atoms with Gasteiger partial charge < -0.3 is 10.2 Å². The standard InChI is InChI=1S/C18H38N2/c1-6-7-8-9-10-13-17(19-3)18(20(4)5)14-11-12-16(2)15-18/h16-17,19H,6-15H2,1-5H3. The van der Waals surface area contributed by atoms with E-state index in [1.54, 1.807) is 0 Å². The molecule has 1 N–H and O–H groups in total. The summed E-state index contributed by atoms with van der Waals surface area (Å²) < 4.78 is 0. The fourth-order valence-electron chi connectivity index (χ4n) is 4.23. The summed E-state index contributed by atoms with van der Waals surface area (Å²) in [5.41, 5.74) is 0.386. The van der Waals surface area contributed by atoms with Crippen molar-refractivity contribution in [1.82, 2.24) is 10.2 Å². The summed E-state index contributed by atoms with van der Waals surface area (Å²) in [6.07, 6.45) is 13.8. The quantitative estimate of drug-likeness (QED) is 0.629. The van der Waals surface area contributed by atoms with Crippen molar-refractivity contribution in [3.63, 3.8) is 0 Å². The third kappa shape index (κ3) is 4.73. The van der Waals surface area contributed by atoms with E-state index in [0.29, 0.717) is 11.6 Å². The molecular weight excluding hydrogens is 244 g/mol. The molecule has 0 aliphatic heterocycles. The molecule has 2 nitrogen and oxygen atoms in total. The Morgan fingerprint density at radius 3 is 2.45 bits per heavy atom. The van der Waals surface area contributed by atoms with Crippen LogP contribution in [0.4, 0.5) is 0 Å². The largest absolute Gasteiger partial charge is 0.315 e. The van der Waals surface area contributed by atoms with Gasteiger partial charge >= 0.3 is 0 Å². The van der Waals surface area contributed by atoms with E-state index in [-0.39, 0.29) is 0 Å². The van der Waals surface area contributed by atoms with E-state index in [9.17, 15) is 0 Å². The minimum absolute atomic E-state index is 0.386. The molecule has 0 aromatic carbocycles. The number of nitrogens with zero attached hydrogens (tertiary/aromatic N) is 1. The Balaban J connectivity index is 2.57. The first-order chi connectivity index (χ1) is 9.56. The van der Waals surface area contributed by atoms with Crippen LogP contribution in [-0.2, 0) is 0 Å². The van der Waals surface area contributed by atoms with Gasteiger partial charge in [-0.1, -0.05) is 58.8 Å². The summed E-state index contributed by atoms with van der Waals surface area (Å²) in [5.74, 6) is 0.877. The maximum atomic E-state index is 3.66. The molecular formula is C18H38N2. The molecule has 0 aromatic heterocycles. The summed E-state index contributed by atoms with van der Waals surface area (Å²) in [6, 6.07) is 0.655. The fourth-order valence-corrected chi connectivity index (χ4v) is 4.23. The third-order valence-corrected chi connectivity index (χ3v) is 5.49. The molecule has 1 aliphatic rings. The van der Waals surface area contributed by atoms with Crippen molar-refractivity contribution in [3.05, 3.63) is 0 Å². The van der Waals surface area contributed by atoms with Crippen molar-refractivity contribution < 1.29 is 0 Å². The Hall–Kier alpha value is -0.0800. The van der Waals surface area contributed by atoms with Gasteiger partial charge in [0, 0.05) is 11.6 Å². The molecule has 0 amide bonds. The summed E-state index contributed by atoms with van der Waals surface area (Å²) in [7, 11) is 6.75. The van der Waals surface area contributed by atoms with Gasteiger partial charge in [-0.15, -0.1) is 0 Å². The Bertz CT molecular complexity index is 252. The van der Waals surface area contributed by atoms with E-state index in [2.05, 4.69) is 45.2 Å².